The Morgan fingerprint density at radius 2 is 0.438 bits per heavy atom. The Labute approximate surface area is 789 Å². The molecule has 0 saturated carbocycles. The fourth-order valence-corrected chi connectivity index (χ4v) is 20.2. The van der Waals surface area contributed by atoms with Crippen molar-refractivity contribution in [3.05, 3.63) is 427 Å². The second kappa shape index (κ2) is 32.0. The molecule has 29 rings (SSSR count). The molecule has 654 valence electrons. The molecule has 0 amide bonds. The number of hydrogen-bond donors (Lipinski definition) is 0. The average Bonchev–Trinajstić information content (AvgIpc) is 1.57. The molecule has 0 aliphatic carbocycles. The van der Waals surface area contributed by atoms with Gasteiger partial charge in [0.15, 0.2) is 0 Å². The highest BCUT2D eigenvalue weighted by atomic mass is 79.9. The lowest BCUT2D eigenvalue weighted by atomic mass is 10.0. The van der Waals surface area contributed by atoms with Gasteiger partial charge in [-0.15, -0.1) is 0 Å². The molecule has 0 saturated heterocycles. The minimum absolute atomic E-state index is 0.283. The van der Waals surface area contributed by atoms with E-state index in [1.807, 2.05) is 214 Å². The second-order valence-electron chi connectivity index (χ2n) is 33.1. The summed E-state index contributed by atoms with van der Waals surface area (Å²) < 4.78 is 75.9. The van der Waals surface area contributed by atoms with Crippen molar-refractivity contribution in [2.45, 2.75) is 0 Å². The van der Waals surface area contributed by atoms with Crippen LogP contribution in [-0.2, 0) is 0 Å². The molecule has 0 bridgehead atoms. The minimum atomic E-state index is -0.339. The van der Waals surface area contributed by atoms with Gasteiger partial charge in [0.25, 0.3) is 0 Å². The first-order valence-corrected chi connectivity index (χ1v) is 45.9. The van der Waals surface area contributed by atoms with E-state index in [0.717, 1.165) is 171 Å². The summed E-state index contributed by atoms with van der Waals surface area (Å²) in [6.45, 7) is 0. The third kappa shape index (κ3) is 12.8. The number of hydrogen-bond acceptors (Lipinski definition) is 9. The van der Waals surface area contributed by atoms with Crippen LogP contribution in [0.25, 0.3) is 212 Å². The zero-order chi connectivity index (χ0) is 91.4. The van der Waals surface area contributed by atoms with Gasteiger partial charge in [0, 0.05) is 15.6 Å². The number of para-hydroxylation sites is 25. The Morgan fingerprint density at radius 1 is 0.204 bits per heavy atom. The Morgan fingerprint density at radius 3 is 0.715 bits per heavy atom. The highest BCUT2D eigenvalue weighted by Gasteiger charge is 2.27. The van der Waals surface area contributed by atoms with E-state index < -0.39 is 0 Å². The summed E-state index contributed by atoms with van der Waals surface area (Å²) in [7, 11) is 1.59. The Balaban J connectivity index is 0.0000000950. The predicted octanol–water partition coefficient (Wildman–Crippen LogP) is 26.8. The van der Waals surface area contributed by atoms with Gasteiger partial charge in [0.05, 0.1) is 167 Å². The Hall–Kier alpha value is -17.8. The van der Waals surface area contributed by atoms with E-state index in [1.165, 1.54) is 24.3 Å². The largest absolute Gasteiger partial charge is 0.496 e. The third-order valence-electron chi connectivity index (χ3n) is 25.3. The molecule has 0 spiro atoms. The van der Waals surface area contributed by atoms with Gasteiger partial charge in [-0.05, 0) is 246 Å². The maximum absolute atomic E-state index is 15.4. The first-order valence-electron chi connectivity index (χ1n) is 44.3. The van der Waals surface area contributed by atoms with Gasteiger partial charge in [-0.1, -0.05) is 186 Å². The lowest BCUT2D eigenvalue weighted by Crippen LogP contribution is -2.03. The van der Waals surface area contributed by atoms with Crippen LogP contribution in [0.1, 0.15) is 0 Å². The number of nitrogens with zero attached hydrogens (tertiary/aromatic N) is 20. The van der Waals surface area contributed by atoms with Crippen LogP contribution in [-0.4, -0.2) is 100 Å². The van der Waals surface area contributed by atoms with Crippen molar-refractivity contribution >= 4 is 210 Å². The van der Waals surface area contributed by atoms with Crippen molar-refractivity contribution in [2.75, 3.05) is 7.11 Å². The van der Waals surface area contributed by atoms with Crippen LogP contribution in [0.5, 0.6) is 5.75 Å². The predicted molar refractivity (Wildman–Crippen MR) is 546 cm³/mol. The molecule has 0 aliphatic rings. The van der Waals surface area contributed by atoms with Crippen LogP contribution in [0.2, 0.25) is 0 Å². The first-order chi connectivity index (χ1) is 67.5. The molecular weight excluding hydrogens is 1850 g/mol. The molecule has 0 N–H and O–H groups in total. The summed E-state index contributed by atoms with van der Waals surface area (Å²) in [6.07, 6.45) is 0. The van der Waals surface area contributed by atoms with E-state index >= 15 is 4.39 Å². The monoisotopic (exact) mass is 1910 g/mol. The van der Waals surface area contributed by atoms with Gasteiger partial charge >= 0.3 is 0 Å². The number of rotatable bonds is 6. The fourth-order valence-electron chi connectivity index (χ4n) is 19.4. The van der Waals surface area contributed by atoms with Gasteiger partial charge in [-0.2, -0.15) is 0 Å². The molecular formula is C111H69Br2F3N20O. The summed E-state index contributed by atoms with van der Waals surface area (Å²) in [5.41, 5.74) is 27.6. The van der Waals surface area contributed by atoms with Crippen LogP contribution < -0.4 is 4.74 Å². The summed E-state index contributed by atoms with van der Waals surface area (Å²) in [6, 6.07) is 130. The van der Waals surface area contributed by atoms with E-state index in [4.69, 9.17) is 44.6 Å². The van der Waals surface area contributed by atoms with E-state index in [1.54, 1.807) is 37.4 Å². The summed E-state index contributed by atoms with van der Waals surface area (Å²) in [5, 5.41) is 0. The maximum atomic E-state index is 15.4. The summed E-state index contributed by atoms with van der Waals surface area (Å²) in [5.74, 6) is 5.41. The molecule has 0 atom stereocenters. The minimum Gasteiger partial charge on any atom is -0.496 e. The quantitative estimate of drug-likeness (QED) is 0.157. The highest BCUT2D eigenvalue weighted by molar-refractivity contribution is 9.10. The van der Waals surface area contributed by atoms with E-state index in [-0.39, 0.29) is 17.5 Å². The zero-order valence-electron chi connectivity index (χ0n) is 72.3. The molecule has 26 heteroatoms. The molecule has 0 fully saturated rings. The summed E-state index contributed by atoms with van der Waals surface area (Å²) in [4.78, 5) is 40.4. The third-order valence-corrected chi connectivity index (χ3v) is 26.4. The topological polar surface area (TPSA) is 167 Å². The normalized spacial score (nSPS) is 11.9. The smallest absolute Gasteiger partial charge is 0.223 e. The van der Waals surface area contributed by atoms with Crippen LogP contribution in [0.15, 0.2) is 409 Å². The second-order valence-corrected chi connectivity index (χ2v) is 34.9. The summed E-state index contributed by atoms with van der Waals surface area (Å²) >= 11 is 7.00. The standard InChI is InChI=1S/C33H22FN5O.C26H15BrFN5.C26H16BrN5.C26H16FN5/c1-40-31-17-9-2-10-22(31)23-20-21(18-19-24(23)34)37-32-35-25-11-3-5-13-27(25)38(32)29-15-7-8-16-30(29)39-28-14-6-4-12-26(28)36-33(37)39;27-17-15-16(13-14-18(17)28)31-25-29-19-7-1-3-9-21(19)32(25)23-11-5-6-12-24(23)33-22-10-4-2-8-20(22)30-26(31)33;27-17-8-7-9-18(16-17)30-25-28-19-10-1-3-12-21(19)31(25)23-14-5-6-15-24(23)32-22-13-4-2-11-20(22)29-26(30)32;27-17-13-15-18(16-14-17)30-25-28-19-7-1-3-9-21(19)31(25)23-11-5-6-12-24(23)32-22-10-4-2-8-20(22)29-26(30)32/h2-20H,1H3;1-15H;2*1-16H. The maximum Gasteiger partial charge on any atom is 0.223 e. The van der Waals surface area contributed by atoms with Crippen LogP contribution in [0, 0.1) is 17.5 Å². The molecule has 29 aromatic rings. The lowest BCUT2D eigenvalue weighted by molar-refractivity contribution is 0.416. The molecule has 17 aromatic carbocycles. The van der Waals surface area contributed by atoms with Gasteiger partial charge in [0.2, 0.25) is 46.2 Å². The van der Waals surface area contributed by atoms with Gasteiger partial charge in [-0.3, -0.25) is 35.2 Å². The fraction of sp³-hybridized carbons (Fsp3) is 0.00901. The zero-order valence-corrected chi connectivity index (χ0v) is 75.5. The van der Waals surface area contributed by atoms with Gasteiger partial charge in [0.1, 0.15) is 23.2 Å². The number of ether oxygens (including phenoxy) is 1. The number of halogens is 5. The van der Waals surface area contributed by atoms with Crippen molar-refractivity contribution in [1.29, 1.82) is 0 Å². The van der Waals surface area contributed by atoms with Crippen molar-refractivity contribution in [1.82, 2.24) is 93.3 Å². The Bertz CT molecular complexity index is 9760. The van der Waals surface area contributed by atoms with Crippen molar-refractivity contribution < 1.29 is 17.9 Å². The average molecular weight is 1920 g/mol. The van der Waals surface area contributed by atoms with Crippen molar-refractivity contribution in [2.24, 2.45) is 0 Å². The number of fused-ring (bicyclic) bond motifs is 36. The SMILES string of the molecule is Brc1cccc(-n2c3nc4ccccc4n3c3ccccc3n3c4ccccc4nc23)c1.COc1ccccc1-c1cc(-n2c3nc4ccccc4n3c3ccccc3n3c4ccccc4nc23)ccc1F.Fc1ccc(-n2c3nc4ccccc4n3c3ccccc3n3c4ccccc4nc23)cc1.Fc1ccc(-n2c3nc4ccccc4n3c3ccccc3n3c4ccccc4nc23)cc1Br. The lowest BCUT2D eigenvalue weighted by Gasteiger charge is -2.13. The molecule has 137 heavy (non-hydrogen) atoms. The van der Waals surface area contributed by atoms with Crippen LogP contribution in [0.4, 0.5) is 13.2 Å². The van der Waals surface area contributed by atoms with Crippen LogP contribution in [0.3, 0.4) is 0 Å². The number of aromatic nitrogens is 20. The molecule has 0 aliphatic heterocycles. The number of methoxy groups -OCH3 is 1. The molecule has 21 nitrogen and oxygen atoms in total. The van der Waals surface area contributed by atoms with Crippen molar-refractivity contribution in [3.8, 4) is 39.6 Å². The van der Waals surface area contributed by atoms with Crippen molar-refractivity contribution in [3.63, 3.8) is 0 Å². The molecule has 12 aromatic heterocycles. The van der Waals surface area contributed by atoms with Gasteiger partial charge < -0.3 is 4.74 Å². The molecule has 0 radical (unpaired) electrons. The van der Waals surface area contributed by atoms with E-state index in [2.05, 4.69) is 217 Å². The Kier molecular flexibility index (Phi) is 18.7. The number of imidazole rings is 8. The highest BCUT2D eigenvalue weighted by Crippen LogP contribution is 2.40. The van der Waals surface area contributed by atoms with Crippen LogP contribution >= 0.6 is 31.9 Å². The molecule has 12 heterocycles. The van der Waals surface area contributed by atoms with E-state index in [9.17, 15) is 8.78 Å². The van der Waals surface area contributed by atoms with E-state index in [0.29, 0.717) is 56.0 Å². The molecule has 0 unspecified atom stereocenters. The van der Waals surface area contributed by atoms with Gasteiger partial charge in [-0.25, -0.2) is 71.3 Å². The first kappa shape index (κ1) is 80.1. The number of benzene rings is 17.